The molecular formula is C24H35ClN4. The van der Waals surface area contributed by atoms with Crippen LogP contribution in [0.4, 0.5) is 5.95 Å². The van der Waals surface area contributed by atoms with Crippen LogP contribution in [0, 0.1) is 5.92 Å². The van der Waals surface area contributed by atoms with Gasteiger partial charge in [-0.2, -0.15) is 0 Å². The van der Waals surface area contributed by atoms with Crippen molar-refractivity contribution in [3.63, 3.8) is 0 Å². The Kier molecular flexibility index (Phi) is 8.60. The quantitative estimate of drug-likeness (QED) is 0.475. The molecular weight excluding hydrogens is 380 g/mol. The van der Waals surface area contributed by atoms with Gasteiger partial charge in [-0.3, -0.25) is 0 Å². The van der Waals surface area contributed by atoms with E-state index >= 15 is 0 Å². The van der Waals surface area contributed by atoms with E-state index in [2.05, 4.69) is 27.2 Å². The molecule has 0 bridgehead atoms. The Morgan fingerprint density at radius 3 is 2.55 bits per heavy atom. The molecule has 0 amide bonds. The zero-order valence-corrected chi connectivity index (χ0v) is 18.5. The van der Waals surface area contributed by atoms with Gasteiger partial charge in [-0.25, -0.2) is 9.97 Å². The van der Waals surface area contributed by atoms with Crippen molar-refractivity contribution in [3.8, 4) is 0 Å². The summed E-state index contributed by atoms with van der Waals surface area (Å²) in [5.74, 6) is 1.47. The highest BCUT2D eigenvalue weighted by Crippen LogP contribution is 2.25. The lowest BCUT2D eigenvalue weighted by Crippen LogP contribution is -2.23. The Hall–Kier alpha value is -1.81. The Morgan fingerprint density at radius 1 is 1.14 bits per heavy atom. The lowest BCUT2D eigenvalue weighted by atomic mass is 9.89. The third kappa shape index (κ3) is 7.18. The van der Waals surface area contributed by atoms with Crippen molar-refractivity contribution in [3.05, 3.63) is 47.4 Å². The molecule has 2 aliphatic rings. The van der Waals surface area contributed by atoms with Gasteiger partial charge in [-0.1, -0.05) is 68.9 Å². The summed E-state index contributed by atoms with van der Waals surface area (Å²) in [7, 11) is 0. The van der Waals surface area contributed by atoms with Gasteiger partial charge in [0.25, 0.3) is 0 Å². The fourth-order valence-electron chi connectivity index (χ4n) is 4.26. The first-order chi connectivity index (χ1) is 14.1. The van der Waals surface area contributed by atoms with Gasteiger partial charge in [0, 0.05) is 18.3 Å². The third-order valence-corrected chi connectivity index (χ3v) is 6.32. The van der Waals surface area contributed by atoms with Crippen LogP contribution < -0.4 is 10.6 Å². The molecule has 0 atom stereocenters. The molecule has 0 aliphatic heterocycles. The number of nitrogens with zero attached hydrogens (tertiary/aromatic N) is 2. The molecule has 0 radical (unpaired) electrons. The predicted molar refractivity (Wildman–Crippen MR) is 124 cm³/mol. The average molecular weight is 415 g/mol. The summed E-state index contributed by atoms with van der Waals surface area (Å²) in [5, 5.41) is 7.51. The Bertz CT molecular complexity index is 728. The van der Waals surface area contributed by atoms with E-state index in [-0.39, 0.29) is 0 Å². The van der Waals surface area contributed by atoms with Crippen molar-refractivity contribution in [1.82, 2.24) is 15.3 Å². The van der Waals surface area contributed by atoms with Gasteiger partial charge in [-0.15, -0.1) is 0 Å². The van der Waals surface area contributed by atoms with Gasteiger partial charge >= 0.3 is 0 Å². The van der Waals surface area contributed by atoms with E-state index in [4.69, 9.17) is 11.6 Å². The zero-order valence-electron chi connectivity index (χ0n) is 17.7. The number of rotatable bonds is 8. The van der Waals surface area contributed by atoms with Crippen LogP contribution >= 0.6 is 11.6 Å². The number of hydrogen-bond acceptors (Lipinski definition) is 4. The van der Waals surface area contributed by atoms with Crippen molar-refractivity contribution in [1.29, 1.82) is 0 Å². The van der Waals surface area contributed by atoms with Crippen LogP contribution in [0.25, 0.3) is 5.57 Å². The molecule has 3 rings (SSSR count). The lowest BCUT2D eigenvalue weighted by Gasteiger charge is -2.22. The number of halogens is 1. The standard InChI is InChI=1S/C24H35ClN4/c1-18(10-9-11-19(2)26-16-20-12-5-3-6-13-20)23-22(25)17-27-24(29-23)28-21-14-7-4-8-15-21/h9-11,17,20-21,26H,2-8,12-16H2,1H3,(H,27,28,29)/b11-9-,18-10+. The maximum Gasteiger partial charge on any atom is 0.223 e. The van der Waals surface area contributed by atoms with Gasteiger partial charge in [0.05, 0.1) is 16.9 Å². The van der Waals surface area contributed by atoms with Crippen LogP contribution in [0.3, 0.4) is 0 Å². The number of allylic oxidation sites excluding steroid dienone is 4. The largest absolute Gasteiger partial charge is 0.385 e. The van der Waals surface area contributed by atoms with Crippen molar-refractivity contribution < 1.29 is 0 Å². The highest BCUT2D eigenvalue weighted by molar-refractivity contribution is 6.32. The number of aromatic nitrogens is 2. The second-order valence-corrected chi connectivity index (χ2v) is 8.90. The third-order valence-electron chi connectivity index (χ3n) is 6.04. The lowest BCUT2D eigenvalue weighted by molar-refractivity contribution is 0.352. The van der Waals surface area contributed by atoms with Crippen LogP contribution in [0.2, 0.25) is 5.02 Å². The summed E-state index contributed by atoms with van der Waals surface area (Å²) in [4.78, 5) is 9.04. The van der Waals surface area contributed by atoms with Crippen molar-refractivity contribution >= 4 is 23.1 Å². The van der Waals surface area contributed by atoms with Gasteiger partial charge in [-0.05, 0) is 50.2 Å². The van der Waals surface area contributed by atoms with Crippen molar-refractivity contribution in [2.45, 2.75) is 77.2 Å². The second-order valence-electron chi connectivity index (χ2n) is 8.49. The number of anilines is 1. The van der Waals surface area contributed by atoms with Gasteiger partial charge < -0.3 is 10.6 Å². The van der Waals surface area contributed by atoms with Gasteiger partial charge in [0.1, 0.15) is 0 Å². The summed E-state index contributed by atoms with van der Waals surface area (Å²) >= 11 is 6.36. The minimum absolute atomic E-state index is 0.473. The van der Waals surface area contributed by atoms with E-state index in [1.54, 1.807) is 6.20 Å². The van der Waals surface area contributed by atoms with Crippen LogP contribution in [0.15, 0.2) is 36.7 Å². The van der Waals surface area contributed by atoms with Crippen molar-refractivity contribution in [2.75, 3.05) is 11.9 Å². The Balaban J connectivity index is 1.54. The molecule has 4 nitrogen and oxygen atoms in total. The molecule has 5 heteroatoms. The average Bonchev–Trinajstić information content (AvgIpc) is 2.75. The van der Waals surface area contributed by atoms with E-state index in [1.165, 1.54) is 64.2 Å². The highest BCUT2D eigenvalue weighted by atomic mass is 35.5. The molecule has 0 aromatic carbocycles. The van der Waals surface area contributed by atoms with Gasteiger partial charge in [0.15, 0.2) is 0 Å². The van der Waals surface area contributed by atoms with E-state index < -0.39 is 0 Å². The van der Waals surface area contributed by atoms with Crippen LogP contribution in [-0.4, -0.2) is 22.6 Å². The van der Waals surface area contributed by atoms with E-state index in [1.807, 2.05) is 25.2 Å². The molecule has 0 spiro atoms. The maximum absolute atomic E-state index is 6.36. The molecule has 0 saturated heterocycles. The van der Waals surface area contributed by atoms with Crippen LogP contribution in [-0.2, 0) is 0 Å². The molecule has 0 unspecified atom stereocenters. The first kappa shape index (κ1) is 21.9. The summed E-state index contributed by atoms with van der Waals surface area (Å²) in [5.41, 5.74) is 2.75. The van der Waals surface area contributed by atoms with E-state index in [9.17, 15) is 0 Å². The smallest absolute Gasteiger partial charge is 0.223 e. The van der Waals surface area contributed by atoms with E-state index in [0.29, 0.717) is 17.0 Å². The van der Waals surface area contributed by atoms with Crippen LogP contribution in [0.1, 0.15) is 76.8 Å². The molecule has 1 aromatic heterocycles. The Morgan fingerprint density at radius 2 is 1.83 bits per heavy atom. The maximum atomic E-state index is 6.36. The minimum Gasteiger partial charge on any atom is -0.385 e. The summed E-state index contributed by atoms with van der Waals surface area (Å²) < 4.78 is 0. The molecule has 2 aliphatic carbocycles. The topological polar surface area (TPSA) is 49.8 Å². The Labute approximate surface area is 180 Å². The molecule has 1 heterocycles. The number of nitrogens with one attached hydrogen (secondary N) is 2. The summed E-state index contributed by atoms with van der Waals surface area (Å²) in [6.07, 6.45) is 20.8. The molecule has 29 heavy (non-hydrogen) atoms. The van der Waals surface area contributed by atoms with Gasteiger partial charge in [0.2, 0.25) is 5.95 Å². The highest BCUT2D eigenvalue weighted by Gasteiger charge is 2.15. The minimum atomic E-state index is 0.473. The molecule has 1 aromatic rings. The van der Waals surface area contributed by atoms with Crippen LogP contribution in [0.5, 0.6) is 0 Å². The number of hydrogen-bond donors (Lipinski definition) is 2. The fourth-order valence-corrected chi connectivity index (χ4v) is 4.50. The second kappa shape index (κ2) is 11.4. The first-order valence-corrected chi connectivity index (χ1v) is 11.6. The molecule has 2 fully saturated rings. The molecule has 2 N–H and O–H groups in total. The monoisotopic (exact) mass is 414 g/mol. The molecule has 158 valence electrons. The SMILES string of the molecule is C=C(/C=C\C=C(/C)c1nc(NC2CCCCC2)ncc1Cl)NCC1CCCCC1. The summed E-state index contributed by atoms with van der Waals surface area (Å²) in [6, 6.07) is 0.473. The molecule has 2 saturated carbocycles. The normalized spacial score (nSPS) is 19.4. The van der Waals surface area contributed by atoms with E-state index in [0.717, 1.165) is 29.4 Å². The zero-order chi connectivity index (χ0) is 20.5. The van der Waals surface area contributed by atoms with Crippen molar-refractivity contribution in [2.24, 2.45) is 5.92 Å². The predicted octanol–water partition coefficient (Wildman–Crippen LogP) is 6.52. The first-order valence-electron chi connectivity index (χ1n) is 11.2. The summed E-state index contributed by atoms with van der Waals surface area (Å²) in [6.45, 7) is 7.17. The fraction of sp³-hybridized carbons (Fsp3) is 0.583.